The van der Waals surface area contributed by atoms with Gasteiger partial charge >= 0.3 is 0 Å². The second-order valence-corrected chi connectivity index (χ2v) is 9.11. The Morgan fingerprint density at radius 1 is 0.880 bits per heavy atom. The monoisotopic (exact) mass is 348 g/mol. The Hall–Kier alpha value is -0.610. The summed E-state index contributed by atoms with van der Waals surface area (Å²) in [6.45, 7) is 6.13. The molecule has 0 radical (unpaired) electrons. The molecule has 1 spiro atoms. The van der Waals surface area contributed by atoms with E-state index in [9.17, 15) is 4.79 Å². The first-order chi connectivity index (χ1) is 12.2. The summed E-state index contributed by atoms with van der Waals surface area (Å²) in [6, 6.07) is 0.788. The van der Waals surface area contributed by atoms with Crippen molar-refractivity contribution in [3.63, 3.8) is 0 Å². The average molecular weight is 349 g/mol. The molecule has 2 aliphatic heterocycles. The summed E-state index contributed by atoms with van der Waals surface area (Å²) in [5, 5.41) is 0. The van der Waals surface area contributed by atoms with Gasteiger partial charge in [-0.3, -0.25) is 9.69 Å². The highest BCUT2D eigenvalue weighted by Crippen LogP contribution is 2.45. The molecule has 2 heterocycles. The minimum absolute atomic E-state index is 0.448. The largest absolute Gasteiger partial charge is 0.379 e. The minimum atomic E-state index is 0.448. The third-order valence-corrected chi connectivity index (χ3v) is 7.69. The first-order valence-electron chi connectivity index (χ1n) is 10.8. The predicted molar refractivity (Wildman–Crippen MR) is 99.5 cm³/mol. The molecule has 2 saturated carbocycles. The average Bonchev–Trinajstić information content (AvgIpc) is 3.17. The summed E-state index contributed by atoms with van der Waals surface area (Å²) in [7, 11) is 0. The van der Waals surface area contributed by atoms with E-state index in [0.717, 1.165) is 51.9 Å². The number of likely N-dealkylation sites (tertiary alicyclic amines) is 1. The Bertz CT molecular complexity index is 437. The van der Waals surface area contributed by atoms with Gasteiger partial charge in [-0.05, 0) is 62.7 Å². The minimum Gasteiger partial charge on any atom is -0.379 e. The van der Waals surface area contributed by atoms with Crippen molar-refractivity contribution in [3.05, 3.63) is 0 Å². The quantitative estimate of drug-likeness (QED) is 0.783. The molecule has 4 heteroatoms. The lowest BCUT2D eigenvalue weighted by Crippen LogP contribution is -2.49. The first-order valence-corrected chi connectivity index (χ1v) is 10.8. The smallest absolute Gasteiger partial charge is 0.222 e. The molecule has 1 amide bonds. The van der Waals surface area contributed by atoms with E-state index >= 15 is 0 Å². The number of nitrogens with zero attached hydrogens (tertiary/aromatic N) is 2. The van der Waals surface area contributed by atoms with Crippen molar-refractivity contribution in [3.8, 4) is 0 Å². The maximum atomic E-state index is 12.6. The van der Waals surface area contributed by atoms with Crippen LogP contribution in [-0.4, -0.2) is 61.1 Å². The molecular formula is C21H36N2O2. The summed E-state index contributed by atoms with van der Waals surface area (Å²) >= 11 is 0. The molecule has 4 fully saturated rings. The molecule has 4 nitrogen and oxygen atoms in total. The van der Waals surface area contributed by atoms with Gasteiger partial charge in [0.15, 0.2) is 0 Å². The van der Waals surface area contributed by atoms with Crippen LogP contribution in [0.5, 0.6) is 0 Å². The van der Waals surface area contributed by atoms with Gasteiger partial charge < -0.3 is 9.64 Å². The molecule has 0 aromatic rings. The summed E-state index contributed by atoms with van der Waals surface area (Å²) in [6.07, 6.45) is 14.0. The number of carbonyl (C=O) groups excluding carboxylic acids is 1. The predicted octanol–water partition coefficient (Wildman–Crippen LogP) is 3.45. The van der Waals surface area contributed by atoms with Crippen LogP contribution in [-0.2, 0) is 9.53 Å². The van der Waals surface area contributed by atoms with Gasteiger partial charge in [-0.1, -0.05) is 12.8 Å². The van der Waals surface area contributed by atoms with Gasteiger partial charge in [0.05, 0.1) is 13.2 Å². The lowest BCUT2D eigenvalue weighted by Gasteiger charge is -2.48. The highest BCUT2D eigenvalue weighted by atomic mass is 16.5. The Morgan fingerprint density at radius 3 is 2.16 bits per heavy atom. The number of ether oxygens (including phenoxy) is 1. The molecule has 2 aliphatic carbocycles. The molecule has 0 N–H and O–H groups in total. The van der Waals surface area contributed by atoms with Crippen molar-refractivity contribution in [1.82, 2.24) is 9.80 Å². The molecule has 25 heavy (non-hydrogen) atoms. The van der Waals surface area contributed by atoms with Crippen LogP contribution in [0.25, 0.3) is 0 Å². The summed E-state index contributed by atoms with van der Waals surface area (Å²) in [5.74, 6) is 1.14. The van der Waals surface area contributed by atoms with Crippen LogP contribution in [0, 0.1) is 11.3 Å². The van der Waals surface area contributed by atoms with E-state index in [1.807, 2.05) is 0 Å². The van der Waals surface area contributed by atoms with E-state index < -0.39 is 0 Å². The molecule has 0 aromatic carbocycles. The number of hydrogen-bond acceptors (Lipinski definition) is 3. The van der Waals surface area contributed by atoms with Crippen molar-refractivity contribution in [2.24, 2.45) is 11.3 Å². The number of hydrogen-bond donors (Lipinski definition) is 0. The van der Waals surface area contributed by atoms with E-state index in [0.29, 0.717) is 17.2 Å². The third kappa shape index (κ3) is 4.21. The fraction of sp³-hybridized carbons (Fsp3) is 0.952. The Balaban J connectivity index is 1.22. The maximum absolute atomic E-state index is 12.6. The van der Waals surface area contributed by atoms with Crippen LogP contribution in [0.4, 0.5) is 0 Å². The van der Waals surface area contributed by atoms with Crippen LogP contribution < -0.4 is 0 Å². The number of rotatable bonds is 3. The maximum Gasteiger partial charge on any atom is 0.222 e. The highest BCUT2D eigenvalue weighted by Gasteiger charge is 2.40. The fourth-order valence-corrected chi connectivity index (χ4v) is 5.84. The zero-order valence-corrected chi connectivity index (χ0v) is 15.9. The van der Waals surface area contributed by atoms with Gasteiger partial charge in [-0.15, -0.1) is 0 Å². The summed E-state index contributed by atoms with van der Waals surface area (Å²) < 4.78 is 5.50. The molecule has 4 rings (SSSR count). The second kappa shape index (κ2) is 7.96. The molecule has 4 aliphatic rings. The SMILES string of the molecule is O=C(CC1CCCC1)N1CCC2(CCC(N3CCOCC3)CC2)CC1. The van der Waals surface area contributed by atoms with Crippen LogP contribution in [0.1, 0.15) is 70.6 Å². The van der Waals surface area contributed by atoms with Crippen molar-refractivity contribution in [2.45, 2.75) is 76.7 Å². The number of piperidine rings is 1. The van der Waals surface area contributed by atoms with E-state index in [-0.39, 0.29) is 0 Å². The molecule has 0 bridgehead atoms. The standard InChI is InChI=1S/C21H36N2O2/c24-20(17-18-3-1-2-4-18)23-11-9-21(10-12-23)7-5-19(6-8-21)22-13-15-25-16-14-22/h18-19H,1-17H2. The lowest BCUT2D eigenvalue weighted by molar-refractivity contribution is -0.135. The van der Waals surface area contributed by atoms with E-state index in [2.05, 4.69) is 9.80 Å². The van der Waals surface area contributed by atoms with Crippen molar-refractivity contribution in [1.29, 1.82) is 0 Å². The molecule has 0 atom stereocenters. The summed E-state index contributed by atoms with van der Waals surface area (Å²) in [4.78, 5) is 17.4. The van der Waals surface area contributed by atoms with E-state index in [1.54, 1.807) is 0 Å². The molecule has 142 valence electrons. The number of morpholine rings is 1. The normalized spacial score (nSPS) is 29.4. The molecular weight excluding hydrogens is 312 g/mol. The van der Waals surface area contributed by atoms with Gasteiger partial charge in [0, 0.05) is 38.6 Å². The van der Waals surface area contributed by atoms with Gasteiger partial charge in [-0.2, -0.15) is 0 Å². The van der Waals surface area contributed by atoms with Crippen LogP contribution in [0.2, 0.25) is 0 Å². The van der Waals surface area contributed by atoms with Crippen LogP contribution >= 0.6 is 0 Å². The topological polar surface area (TPSA) is 32.8 Å². The lowest BCUT2D eigenvalue weighted by atomic mass is 9.66. The third-order valence-electron chi connectivity index (χ3n) is 7.69. The number of carbonyl (C=O) groups is 1. The van der Waals surface area contributed by atoms with Gasteiger partial charge in [-0.25, -0.2) is 0 Å². The molecule has 0 aromatic heterocycles. The number of amides is 1. The van der Waals surface area contributed by atoms with E-state index in [1.165, 1.54) is 64.2 Å². The first kappa shape index (κ1) is 17.8. The van der Waals surface area contributed by atoms with Gasteiger partial charge in [0.25, 0.3) is 0 Å². The van der Waals surface area contributed by atoms with Crippen molar-refractivity contribution >= 4 is 5.91 Å². The zero-order valence-electron chi connectivity index (χ0n) is 15.9. The molecule has 2 saturated heterocycles. The van der Waals surface area contributed by atoms with Gasteiger partial charge in [0.1, 0.15) is 0 Å². The Labute approximate surface area is 153 Å². The molecule has 0 unspecified atom stereocenters. The Kier molecular flexibility index (Phi) is 5.66. The zero-order chi connectivity index (χ0) is 17.1. The highest BCUT2D eigenvalue weighted by molar-refractivity contribution is 5.76. The van der Waals surface area contributed by atoms with Crippen LogP contribution in [0.3, 0.4) is 0 Å². The van der Waals surface area contributed by atoms with Crippen molar-refractivity contribution < 1.29 is 9.53 Å². The second-order valence-electron chi connectivity index (χ2n) is 9.11. The Morgan fingerprint density at radius 2 is 1.52 bits per heavy atom. The fourth-order valence-electron chi connectivity index (χ4n) is 5.84. The van der Waals surface area contributed by atoms with Crippen molar-refractivity contribution in [2.75, 3.05) is 39.4 Å². The summed E-state index contributed by atoms with van der Waals surface area (Å²) in [5.41, 5.74) is 0.549. The van der Waals surface area contributed by atoms with Gasteiger partial charge in [0.2, 0.25) is 5.91 Å². The van der Waals surface area contributed by atoms with Crippen LogP contribution in [0.15, 0.2) is 0 Å². The van der Waals surface area contributed by atoms with E-state index in [4.69, 9.17) is 4.74 Å².